The third-order valence-corrected chi connectivity index (χ3v) is 3.95. The molecule has 2 rings (SSSR count). The Labute approximate surface area is 139 Å². The van der Waals surface area contributed by atoms with Crippen LogP contribution in [-0.2, 0) is 17.8 Å². The second kappa shape index (κ2) is 8.06. The Morgan fingerprint density at radius 2 is 1.73 bits per heavy atom. The first-order valence-corrected chi connectivity index (χ1v) is 7.69. The third-order valence-electron chi connectivity index (χ3n) is 3.24. The topological polar surface area (TPSA) is 46.5 Å². The molecule has 0 aliphatic carbocycles. The number of rotatable bonds is 7. The molecule has 0 spiro atoms. The summed E-state index contributed by atoms with van der Waals surface area (Å²) in [4.78, 5) is 10.6. The lowest BCUT2D eigenvalue weighted by Gasteiger charge is -2.13. The zero-order valence-corrected chi connectivity index (χ0v) is 13.4. The Hall–Kier alpha value is -1.71. The number of hydrogen-bond acceptors (Lipinski definition) is 2. The van der Waals surface area contributed by atoms with E-state index in [1.54, 1.807) is 18.2 Å². The normalized spacial score (nSPS) is 10.5. The van der Waals surface area contributed by atoms with Crippen molar-refractivity contribution >= 4 is 29.2 Å². The highest BCUT2D eigenvalue weighted by Crippen LogP contribution is 2.27. The van der Waals surface area contributed by atoms with Gasteiger partial charge in [0.15, 0.2) is 0 Å². The molecule has 2 aromatic rings. The van der Waals surface area contributed by atoms with E-state index in [0.717, 1.165) is 16.9 Å². The number of carboxylic acids is 1. The molecule has 3 nitrogen and oxygen atoms in total. The van der Waals surface area contributed by atoms with E-state index in [0.29, 0.717) is 22.9 Å². The highest BCUT2D eigenvalue weighted by atomic mass is 35.5. The van der Waals surface area contributed by atoms with Crippen LogP contribution in [0.4, 0.5) is 0 Å². The van der Waals surface area contributed by atoms with Crippen molar-refractivity contribution in [3.05, 3.63) is 63.6 Å². The molecule has 0 unspecified atom stereocenters. The highest BCUT2D eigenvalue weighted by molar-refractivity contribution is 6.35. The predicted octanol–water partition coefficient (Wildman–Crippen LogP) is 4.98. The Morgan fingerprint density at radius 3 is 2.41 bits per heavy atom. The largest absolute Gasteiger partial charge is 0.489 e. The van der Waals surface area contributed by atoms with Crippen LogP contribution in [-0.4, -0.2) is 11.1 Å². The average molecular weight is 339 g/mol. The maximum absolute atomic E-state index is 10.6. The second-order valence-electron chi connectivity index (χ2n) is 4.84. The van der Waals surface area contributed by atoms with Crippen molar-refractivity contribution in [2.75, 3.05) is 0 Å². The van der Waals surface area contributed by atoms with Gasteiger partial charge in [-0.25, -0.2) is 0 Å². The van der Waals surface area contributed by atoms with E-state index >= 15 is 0 Å². The fourth-order valence-electron chi connectivity index (χ4n) is 2.10. The van der Waals surface area contributed by atoms with E-state index in [1.165, 1.54) is 0 Å². The van der Waals surface area contributed by atoms with Gasteiger partial charge in [-0.2, -0.15) is 0 Å². The summed E-state index contributed by atoms with van der Waals surface area (Å²) >= 11 is 12.2. The van der Waals surface area contributed by atoms with Crippen LogP contribution in [0.5, 0.6) is 5.75 Å². The highest BCUT2D eigenvalue weighted by Gasteiger charge is 2.09. The van der Waals surface area contributed by atoms with Crippen LogP contribution in [0.3, 0.4) is 0 Å². The van der Waals surface area contributed by atoms with Crippen molar-refractivity contribution in [3.8, 4) is 5.75 Å². The second-order valence-corrected chi connectivity index (χ2v) is 5.66. The summed E-state index contributed by atoms with van der Waals surface area (Å²) in [5.74, 6) is -0.0647. The third kappa shape index (κ3) is 4.65. The number of hydrogen-bond donors (Lipinski definition) is 1. The lowest BCUT2D eigenvalue weighted by Crippen LogP contribution is -2.01. The standard InChI is InChI=1S/C17H16Cl2O3/c18-14-7-4-8-15(19)13(14)11-22-16-9-2-1-5-12(16)6-3-10-17(20)21/h1-2,4-5,7-9H,3,6,10-11H2,(H,20,21). The van der Waals surface area contributed by atoms with Crippen molar-refractivity contribution in [2.24, 2.45) is 0 Å². The molecule has 0 aliphatic heterocycles. The minimum atomic E-state index is -0.791. The molecular weight excluding hydrogens is 323 g/mol. The molecule has 0 heterocycles. The number of carboxylic acid groups (broad SMARTS) is 1. The fraction of sp³-hybridized carbons (Fsp3) is 0.235. The molecule has 2 aromatic carbocycles. The maximum atomic E-state index is 10.6. The maximum Gasteiger partial charge on any atom is 0.303 e. The number of carbonyl (C=O) groups is 1. The van der Waals surface area contributed by atoms with Crippen LogP contribution >= 0.6 is 23.2 Å². The summed E-state index contributed by atoms with van der Waals surface area (Å²) in [6.07, 6.45) is 1.37. The molecule has 0 fully saturated rings. The molecule has 5 heteroatoms. The molecule has 0 aliphatic rings. The lowest BCUT2D eigenvalue weighted by atomic mass is 10.1. The quantitative estimate of drug-likeness (QED) is 0.774. The molecule has 0 saturated heterocycles. The van der Waals surface area contributed by atoms with Gasteiger partial charge < -0.3 is 9.84 Å². The summed E-state index contributed by atoms with van der Waals surface area (Å²) in [7, 11) is 0. The summed E-state index contributed by atoms with van der Waals surface area (Å²) in [5.41, 5.74) is 1.72. The Morgan fingerprint density at radius 1 is 1.05 bits per heavy atom. The summed E-state index contributed by atoms with van der Waals surface area (Å²) in [6.45, 7) is 0.272. The van der Waals surface area contributed by atoms with Gasteiger partial charge in [0.1, 0.15) is 12.4 Å². The van der Waals surface area contributed by atoms with E-state index in [4.69, 9.17) is 33.0 Å². The van der Waals surface area contributed by atoms with Gasteiger partial charge >= 0.3 is 5.97 Å². The first kappa shape index (κ1) is 16.7. The number of aryl methyl sites for hydroxylation is 1. The molecule has 1 N–H and O–H groups in total. The molecule has 0 aromatic heterocycles. The number of ether oxygens (including phenoxy) is 1. The zero-order valence-electron chi connectivity index (χ0n) is 11.9. The first-order chi connectivity index (χ1) is 10.6. The van der Waals surface area contributed by atoms with Crippen molar-refractivity contribution in [2.45, 2.75) is 25.9 Å². The monoisotopic (exact) mass is 338 g/mol. The van der Waals surface area contributed by atoms with Crippen LogP contribution in [0.2, 0.25) is 10.0 Å². The van der Waals surface area contributed by atoms with Gasteiger partial charge in [-0.3, -0.25) is 4.79 Å². The Bertz CT molecular complexity index is 636. The number of aliphatic carboxylic acids is 1. The van der Waals surface area contributed by atoms with Crippen molar-refractivity contribution in [1.29, 1.82) is 0 Å². The van der Waals surface area contributed by atoms with Crippen LogP contribution in [0.25, 0.3) is 0 Å². The van der Waals surface area contributed by atoms with Crippen LogP contribution in [0, 0.1) is 0 Å². The number of halogens is 2. The number of benzene rings is 2. The minimum Gasteiger partial charge on any atom is -0.489 e. The van der Waals surface area contributed by atoms with Crippen molar-refractivity contribution in [3.63, 3.8) is 0 Å². The van der Waals surface area contributed by atoms with E-state index < -0.39 is 5.97 Å². The Balaban J connectivity index is 2.05. The molecule has 0 atom stereocenters. The lowest BCUT2D eigenvalue weighted by molar-refractivity contribution is -0.137. The molecule has 0 saturated carbocycles. The van der Waals surface area contributed by atoms with Gasteiger partial charge in [-0.05, 0) is 36.6 Å². The minimum absolute atomic E-state index is 0.144. The van der Waals surface area contributed by atoms with Crippen LogP contribution < -0.4 is 4.74 Å². The molecular formula is C17H16Cl2O3. The van der Waals surface area contributed by atoms with E-state index in [2.05, 4.69) is 0 Å². The molecule has 0 amide bonds. The Kier molecular flexibility index (Phi) is 6.10. The SMILES string of the molecule is O=C(O)CCCc1ccccc1OCc1c(Cl)cccc1Cl. The van der Waals surface area contributed by atoms with Crippen molar-refractivity contribution < 1.29 is 14.6 Å². The van der Waals surface area contributed by atoms with Gasteiger partial charge in [0.25, 0.3) is 0 Å². The van der Waals surface area contributed by atoms with Gasteiger partial charge in [0.2, 0.25) is 0 Å². The number of para-hydroxylation sites is 1. The fourth-order valence-corrected chi connectivity index (χ4v) is 2.61. The van der Waals surface area contributed by atoms with Gasteiger partial charge in [-0.15, -0.1) is 0 Å². The average Bonchev–Trinajstić information content (AvgIpc) is 2.48. The molecule has 0 bridgehead atoms. The summed E-state index contributed by atoms with van der Waals surface area (Å²) in [6, 6.07) is 12.9. The van der Waals surface area contributed by atoms with Gasteiger partial charge in [0.05, 0.1) is 0 Å². The zero-order chi connectivity index (χ0) is 15.9. The predicted molar refractivity (Wildman–Crippen MR) is 87.8 cm³/mol. The van der Waals surface area contributed by atoms with Gasteiger partial charge in [-0.1, -0.05) is 47.5 Å². The molecule has 22 heavy (non-hydrogen) atoms. The molecule has 116 valence electrons. The van der Waals surface area contributed by atoms with Crippen LogP contribution in [0.1, 0.15) is 24.0 Å². The van der Waals surface area contributed by atoms with Crippen LogP contribution in [0.15, 0.2) is 42.5 Å². The summed E-state index contributed by atoms with van der Waals surface area (Å²) in [5, 5.41) is 9.84. The van der Waals surface area contributed by atoms with Crippen molar-refractivity contribution in [1.82, 2.24) is 0 Å². The van der Waals surface area contributed by atoms with E-state index in [9.17, 15) is 4.79 Å². The van der Waals surface area contributed by atoms with E-state index in [1.807, 2.05) is 24.3 Å². The van der Waals surface area contributed by atoms with Gasteiger partial charge in [0, 0.05) is 22.0 Å². The smallest absolute Gasteiger partial charge is 0.303 e. The molecule has 0 radical (unpaired) electrons. The summed E-state index contributed by atoms with van der Waals surface area (Å²) < 4.78 is 5.83. The van der Waals surface area contributed by atoms with E-state index in [-0.39, 0.29) is 13.0 Å². The first-order valence-electron chi connectivity index (χ1n) is 6.93.